The van der Waals surface area contributed by atoms with Crippen molar-refractivity contribution in [1.82, 2.24) is 4.90 Å². The number of likely N-dealkylation sites (tertiary alicyclic amines) is 1. The van der Waals surface area contributed by atoms with E-state index < -0.39 is 6.10 Å². The molecule has 0 N–H and O–H groups in total. The maximum absolute atomic E-state index is 13.1. The van der Waals surface area contributed by atoms with Gasteiger partial charge in [0.05, 0.1) is 17.5 Å². The second-order valence-corrected chi connectivity index (χ2v) is 6.31. The van der Waals surface area contributed by atoms with Crippen LogP contribution in [0.1, 0.15) is 19.8 Å². The van der Waals surface area contributed by atoms with Crippen LogP contribution in [-0.4, -0.2) is 43.1 Å². The number of methoxy groups -OCH3 is 1. The molecule has 5 nitrogen and oxygen atoms in total. The Morgan fingerprint density at radius 3 is 2.57 bits per heavy atom. The molecule has 1 aliphatic rings. The second-order valence-electron chi connectivity index (χ2n) is 5.46. The number of halogens is 2. The summed E-state index contributed by atoms with van der Waals surface area (Å²) in [5.41, 5.74) is 0. The van der Waals surface area contributed by atoms with Crippen molar-refractivity contribution in [2.75, 3.05) is 20.2 Å². The number of hydrogen-bond acceptors (Lipinski definition) is 4. The maximum atomic E-state index is 13.1. The van der Waals surface area contributed by atoms with Crippen LogP contribution in [0.15, 0.2) is 22.7 Å². The Labute approximate surface area is 142 Å². The lowest BCUT2D eigenvalue weighted by Crippen LogP contribution is -2.45. The van der Waals surface area contributed by atoms with Crippen LogP contribution in [0.2, 0.25) is 0 Å². The highest BCUT2D eigenvalue weighted by Gasteiger charge is 2.30. The normalized spacial score (nSPS) is 16.8. The van der Waals surface area contributed by atoms with Crippen molar-refractivity contribution in [2.45, 2.75) is 25.9 Å². The van der Waals surface area contributed by atoms with Crippen molar-refractivity contribution in [3.05, 3.63) is 28.5 Å². The standard InChI is InChI=1S/C16H19BrFNO4/c1-10(23-14-4-3-12(18)9-13(14)17)15(20)19-7-5-11(6-8-19)16(21)22-2/h3-4,9-11H,5-8H2,1-2H3. The summed E-state index contributed by atoms with van der Waals surface area (Å²) in [7, 11) is 1.37. The number of amides is 1. The number of rotatable bonds is 4. The van der Waals surface area contributed by atoms with Crippen LogP contribution >= 0.6 is 15.9 Å². The molecule has 1 atom stereocenters. The molecule has 0 saturated carbocycles. The molecule has 1 aromatic rings. The van der Waals surface area contributed by atoms with E-state index >= 15 is 0 Å². The van der Waals surface area contributed by atoms with Crippen molar-refractivity contribution in [2.24, 2.45) is 5.92 Å². The molecule has 0 aliphatic carbocycles. The first-order chi connectivity index (χ1) is 10.9. The summed E-state index contributed by atoms with van der Waals surface area (Å²) in [6.45, 7) is 2.65. The average Bonchev–Trinajstić information content (AvgIpc) is 2.56. The Kier molecular flexibility index (Phi) is 5.98. The molecular formula is C16H19BrFNO4. The monoisotopic (exact) mass is 387 g/mol. The van der Waals surface area contributed by atoms with Gasteiger partial charge in [0.1, 0.15) is 11.6 Å². The lowest BCUT2D eigenvalue weighted by atomic mass is 9.97. The van der Waals surface area contributed by atoms with Gasteiger partial charge in [-0.1, -0.05) is 0 Å². The molecule has 1 amide bonds. The van der Waals surface area contributed by atoms with Gasteiger partial charge >= 0.3 is 5.97 Å². The first kappa shape index (κ1) is 17.7. The fourth-order valence-corrected chi connectivity index (χ4v) is 3.02. The van der Waals surface area contributed by atoms with E-state index in [1.807, 2.05) is 0 Å². The summed E-state index contributed by atoms with van der Waals surface area (Å²) < 4.78 is 23.9. The maximum Gasteiger partial charge on any atom is 0.308 e. The van der Waals surface area contributed by atoms with Crippen molar-refractivity contribution >= 4 is 27.8 Å². The van der Waals surface area contributed by atoms with Gasteiger partial charge in [0, 0.05) is 13.1 Å². The van der Waals surface area contributed by atoms with E-state index in [1.54, 1.807) is 11.8 Å². The number of carbonyl (C=O) groups excluding carboxylic acids is 2. The fraction of sp³-hybridized carbons (Fsp3) is 0.500. The highest BCUT2D eigenvalue weighted by Crippen LogP contribution is 2.27. The van der Waals surface area contributed by atoms with Crippen LogP contribution < -0.4 is 4.74 Å². The van der Waals surface area contributed by atoms with Gasteiger partial charge in [-0.05, 0) is 53.9 Å². The Hall–Kier alpha value is -1.63. The van der Waals surface area contributed by atoms with Crippen LogP contribution in [-0.2, 0) is 14.3 Å². The number of ether oxygens (including phenoxy) is 2. The molecule has 23 heavy (non-hydrogen) atoms. The first-order valence-corrected chi connectivity index (χ1v) is 8.20. The van der Waals surface area contributed by atoms with Gasteiger partial charge in [-0.15, -0.1) is 0 Å². The van der Waals surface area contributed by atoms with Gasteiger partial charge in [0.2, 0.25) is 0 Å². The van der Waals surface area contributed by atoms with E-state index in [4.69, 9.17) is 9.47 Å². The van der Waals surface area contributed by atoms with E-state index in [-0.39, 0.29) is 23.6 Å². The minimum Gasteiger partial charge on any atom is -0.480 e. The van der Waals surface area contributed by atoms with Gasteiger partial charge in [0.15, 0.2) is 6.10 Å². The molecule has 7 heteroatoms. The molecule has 1 aliphatic heterocycles. The molecule has 0 radical (unpaired) electrons. The van der Waals surface area contributed by atoms with E-state index in [1.165, 1.54) is 25.3 Å². The van der Waals surface area contributed by atoms with Crippen LogP contribution in [0.5, 0.6) is 5.75 Å². The van der Waals surface area contributed by atoms with E-state index in [0.29, 0.717) is 36.2 Å². The van der Waals surface area contributed by atoms with Crippen LogP contribution in [0.4, 0.5) is 4.39 Å². The molecule has 1 fully saturated rings. The van der Waals surface area contributed by atoms with Crippen molar-refractivity contribution in [3.63, 3.8) is 0 Å². The minimum atomic E-state index is -0.688. The Bertz CT molecular complexity index is 587. The number of piperidine rings is 1. The highest BCUT2D eigenvalue weighted by molar-refractivity contribution is 9.10. The topological polar surface area (TPSA) is 55.8 Å². The third kappa shape index (κ3) is 4.43. The summed E-state index contributed by atoms with van der Waals surface area (Å²) in [6.07, 6.45) is 0.489. The molecule has 0 spiro atoms. The van der Waals surface area contributed by atoms with Gasteiger partial charge < -0.3 is 14.4 Å². The molecule has 1 unspecified atom stereocenters. The fourth-order valence-electron chi connectivity index (χ4n) is 2.57. The summed E-state index contributed by atoms with van der Waals surface area (Å²) in [5, 5.41) is 0. The van der Waals surface area contributed by atoms with Crippen molar-refractivity contribution < 1.29 is 23.5 Å². The van der Waals surface area contributed by atoms with Crippen LogP contribution in [0.3, 0.4) is 0 Å². The number of hydrogen-bond donors (Lipinski definition) is 0. The second kappa shape index (κ2) is 7.77. The molecular weight excluding hydrogens is 369 g/mol. The largest absolute Gasteiger partial charge is 0.480 e. The molecule has 1 aromatic carbocycles. The predicted octanol–water partition coefficient (Wildman–Crippen LogP) is 2.77. The van der Waals surface area contributed by atoms with Crippen LogP contribution in [0.25, 0.3) is 0 Å². The minimum absolute atomic E-state index is 0.147. The lowest BCUT2D eigenvalue weighted by molar-refractivity contribution is -0.150. The van der Waals surface area contributed by atoms with Gasteiger partial charge in [0.25, 0.3) is 5.91 Å². The molecule has 1 saturated heterocycles. The number of nitrogens with zero attached hydrogens (tertiary/aromatic N) is 1. The first-order valence-electron chi connectivity index (χ1n) is 7.40. The molecule has 1 heterocycles. The van der Waals surface area contributed by atoms with E-state index in [2.05, 4.69) is 15.9 Å². The van der Waals surface area contributed by atoms with E-state index in [9.17, 15) is 14.0 Å². The Morgan fingerprint density at radius 2 is 2.00 bits per heavy atom. The number of carbonyl (C=O) groups is 2. The number of esters is 1. The third-order valence-corrected chi connectivity index (χ3v) is 4.51. The van der Waals surface area contributed by atoms with Crippen molar-refractivity contribution in [1.29, 1.82) is 0 Å². The zero-order valence-electron chi connectivity index (χ0n) is 13.1. The smallest absolute Gasteiger partial charge is 0.308 e. The third-order valence-electron chi connectivity index (χ3n) is 3.89. The lowest BCUT2D eigenvalue weighted by Gasteiger charge is -2.32. The summed E-state index contributed by atoms with van der Waals surface area (Å²) in [6, 6.07) is 4.04. The zero-order chi connectivity index (χ0) is 17.0. The summed E-state index contributed by atoms with van der Waals surface area (Å²) in [4.78, 5) is 25.6. The summed E-state index contributed by atoms with van der Waals surface area (Å²) >= 11 is 3.21. The molecule has 0 aromatic heterocycles. The zero-order valence-corrected chi connectivity index (χ0v) is 14.6. The van der Waals surface area contributed by atoms with E-state index in [0.717, 1.165) is 0 Å². The Balaban J connectivity index is 1.92. The molecule has 2 rings (SSSR count). The SMILES string of the molecule is COC(=O)C1CCN(C(=O)C(C)Oc2ccc(F)cc2Br)CC1. The molecule has 126 valence electrons. The van der Waals surface area contributed by atoms with Gasteiger partial charge in [-0.3, -0.25) is 9.59 Å². The van der Waals surface area contributed by atoms with Gasteiger partial charge in [-0.2, -0.15) is 0 Å². The van der Waals surface area contributed by atoms with Gasteiger partial charge in [-0.25, -0.2) is 4.39 Å². The summed E-state index contributed by atoms with van der Waals surface area (Å²) in [5.74, 6) is -0.488. The van der Waals surface area contributed by atoms with Crippen LogP contribution in [0, 0.1) is 11.7 Å². The number of benzene rings is 1. The average molecular weight is 388 g/mol. The molecule has 0 bridgehead atoms. The van der Waals surface area contributed by atoms with Crippen molar-refractivity contribution in [3.8, 4) is 5.75 Å². The Morgan fingerprint density at radius 1 is 1.35 bits per heavy atom. The quantitative estimate of drug-likeness (QED) is 0.745. The highest BCUT2D eigenvalue weighted by atomic mass is 79.9. The predicted molar refractivity (Wildman–Crippen MR) is 85.5 cm³/mol.